The van der Waals surface area contributed by atoms with E-state index in [1.165, 1.54) is 0 Å². The van der Waals surface area contributed by atoms with Crippen LogP contribution in [0.2, 0.25) is 0 Å². The maximum Gasteiger partial charge on any atom is 0.341 e. The summed E-state index contributed by atoms with van der Waals surface area (Å²) in [7, 11) is 3.43. The summed E-state index contributed by atoms with van der Waals surface area (Å²) < 4.78 is 16.0. The second-order valence-electron chi connectivity index (χ2n) is 6.67. The highest BCUT2D eigenvalue weighted by molar-refractivity contribution is 6.01. The first kappa shape index (κ1) is 20.8. The summed E-state index contributed by atoms with van der Waals surface area (Å²) in [6, 6.07) is 0. The van der Waals surface area contributed by atoms with Crippen LogP contribution in [0.1, 0.15) is 60.2 Å². The number of allylic oxidation sites excluding steroid dienone is 2. The predicted molar refractivity (Wildman–Crippen MR) is 104 cm³/mol. The summed E-state index contributed by atoms with van der Waals surface area (Å²) in [5.74, 6) is 0.290. The molecule has 0 fully saturated rings. The number of methoxy groups -OCH3 is 1. The zero-order chi connectivity index (χ0) is 20.0. The molecule has 1 aliphatic rings. The van der Waals surface area contributed by atoms with E-state index in [0.29, 0.717) is 31.4 Å². The Balaban J connectivity index is 2.23. The van der Waals surface area contributed by atoms with Crippen LogP contribution in [0.3, 0.4) is 0 Å². The summed E-state index contributed by atoms with van der Waals surface area (Å²) >= 11 is 0. The fourth-order valence-electron chi connectivity index (χ4n) is 3.29. The minimum Gasteiger partial charge on any atom is -0.496 e. The molecule has 1 aliphatic heterocycles. The quantitative estimate of drug-likeness (QED) is 0.521. The summed E-state index contributed by atoms with van der Waals surface area (Å²) in [6.07, 6.45) is 4.50. The van der Waals surface area contributed by atoms with Crippen LogP contribution in [0.15, 0.2) is 11.6 Å². The molecule has 0 radical (unpaired) electrons. The van der Waals surface area contributed by atoms with E-state index in [1.807, 2.05) is 20.8 Å². The van der Waals surface area contributed by atoms with Crippen molar-refractivity contribution in [2.45, 2.75) is 53.1 Å². The topological polar surface area (TPSA) is 73.9 Å². The number of esters is 2. The number of ether oxygens (including phenoxy) is 3. The van der Waals surface area contributed by atoms with Gasteiger partial charge in [0.05, 0.1) is 25.0 Å². The van der Waals surface area contributed by atoms with Gasteiger partial charge in [0, 0.05) is 24.6 Å². The van der Waals surface area contributed by atoms with Crippen molar-refractivity contribution in [1.82, 2.24) is 0 Å². The van der Waals surface area contributed by atoms with E-state index >= 15 is 0 Å². The molecule has 1 aromatic rings. The molecule has 0 atom stereocenters. The van der Waals surface area contributed by atoms with Crippen molar-refractivity contribution in [3.63, 3.8) is 0 Å². The predicted octanol–water partition coefficient (Wildman–Crippen LogP) is 3.94. The van der Waals surface area contributed by atoms with Crippen LogP contribution in [0.25, 0.3) is 0 Å². The van der Waals surface area contributed by atoms with Crippen molar-refractivity contribution in [3.8, 4) is 5.75 Å². The van der Waals surface area contributed by atoms with Gasteiger partial charge in [-0.1, -0.05) is 18.6 Å². The number of benzene rings is 1. The zero-order valence-corrected chi connectivity index (χ0v) is 16.9. The molecule has 1 N–H and O–H groups in total. The number of rotatable bonds is 9. The molecule has 148 valence electrons. The fraction of sp³-hybridized carbons (Fsp3) is 0.524. The second-order valence-corrected chi connectivity index (χ2v) is 6.67. The number of hydrogen-bond donors (Lipinski definition) is 1. The lowest BCUT2D eigenvalue weighted by molar-refractivity contribution is -0.143. The first-order valence-electron chi connectivity index (χ1n) is 9.32. The van der Waals surface area contributed by atoms with Crippen LogP contribution < -0.4 is 10.1 Å². The van der Waals surface area contributed by atoms with Gasteiger partial charge in [-0.15, -0.1) is 0 Å². The van der Waals surface area contributed by atoms with Gasteiger partial charge in [0.15, 0.2) is 0 Å². The molecule has 6 heteroatoms. The third-order valence-corrected chi connectivity index (χ3v) is 4.77. The van der Waals surface area contributed by atoms with Crippen LogP contribution in [-0.4, -0.2) is 32.7 Å². The van der Waals surface area contributed by atoms with Gasteiger partial charge in [0.1, 0.15) is 12.4 Å². The highest BCUT2D eigenvalue weighted by atomic mass is 16.5. The Kier molecular flexibility index (Phi) is 7.28. The number of carbonyl (C=O) groups is 2. The molecule has 6 nitrogen and oxygen atoms in total. The first-order valence-corrected chi connectivity index (χ1v) is 9.32. The lowest BCUT2D eigenvalue weighted by atomic mass is 9.93. The van der Waals surface area contributed by atoms with E-state index in [9.17, 15) is 9.59 Å². The van der Waals surface area contributed by atoms with Crippen molar-refractivity contribution >= 4 is 17.6 Å². The Morgan fingerprint density at radius 1 is 1.33 bits per heavy atom. The van der Waals surface area contributed by atoms with Crippen molar-refractivity contribution < 1.29 is 23.8 Å². The average Bonchev–Trinajstić information content (AvgIpc) is 3.05. The molecule has 0 bridgehead atoms. The van der Waals surface area contributed by atoms with E-state index < -0.39 is 0 Å². The van der Waals surface area contributed by atoms with Gasteiger partial charge in [-0.3, -0.25) is 4.79 Å². The second kappa shape index (κ2) is 9.44. The van der Waals surface area contributed by atoms with Crippen LogP contribution in [0, 0.1) is 6.92 Å². The van der Waals surface area contributed by atoms with Gasteiger partial charge in [0.25, 0.3) is 0 Å². The van der Waals surface area contributed by atoms with Gasteiger partial charge in [0.2, 0.25) is 0 Å². The van der Waals surface area contributed by atoms with E-state index in [2.05, 4.69) is 11.4 Å². The maximum absolute atomic E-state index is 12.2. The zero-order valence-electron chi connectivity index (χ0n) is 16.9. The highest BCUT2D eigenvalue weighted by Crippen LogP contribution is 2.41. The van der Waals surface area contributed by atoms with Gasteiger partial charge in [-0.05, 0) is 38.7 Å². The summed E-state index contributed by atoms with van der Waals surface area (Å²) in [4.78, 5) is 23.8. The van der Waals surface area contributed by atoms with Gasteiger partial charge < -0.3 is 19.5 Å². The first-order chi connectivity index (χ1) is 12.9. The molecule has 0 spiro atoms. The number of nitrogens with one attached hydrogen (secondary N) is 1. The minimum atomic E-state index is -0.305. The van der Waals surface area contributed by atoms with Crippen molar-refractivity contribution in [1.29, 1.82) is 0 Å². The minimum absolute atomic E-state index is 0.172. The lowest BCUT2D eigenvalue weighted by Gasteiger charge is -2.18. The normalized spacial score (nSPS) is 13.2. The standard InChI is InChI=1S/C21H29NO5/c1-6-11-26-17(23)10-8-13(2)7-9-15-19(22-4)18-16(12-27-21(18)24)14(3)20(15)25-5/h7,22H,6,8-12H2,1-5H3. The molecule has 0 saturated heterocycles. The Labute approximate surface area is 160 Å². The number of cyclic esters (lactones) is 1. The van der Waals surface area contributed by atoms with Crippen LogP contribution in [0.4, 0.5) is 5.69 Å². The van der Waals surface area contributed by atoms with E-state index in [1.54, 1.807) is 14.2 Å². The summed E-state index contributed by atoms with van der Waals surface area (Å²) in [5.41, 5.74) is 5.17. The van der Waals surface area contributed by atoms with Crippen LogP contribution >= 0.6 is 0 Å². The largest absolute Gasteiger partial charge is 0.496 e. The molecule has 1 heterocycles. The van der Waals surface area contributed by atoms with Gasteiger partial charge in [-0.25, -0.2) is 4.79 Å². The molecule has 2 rings (SSSR count). The lowest BCUT2D eigenvalue weighted by Crippen LogP contribution is -2.08. The van der Waals surface area contributed by atoms with E-state index in [0.717, 1.165) is 40.1 Å². The molecule has 0 saturated carbocycles. The smallest absolute Gasteiger partial charge is 0.341 e. The van der Waals surface area contributed by atoms with Crippen LogP contribution in [0.5, 0.6) is 5.75 Å². The Hall–Kier alpha value is -2.50. The average molecular weight is 375 g/mol. The SMILES string of the molecule is CCCOC(=O)CCC(C)=CCc1c(NC)c2c(c(C)c1OC)COC2=O. The molecule has 0 amide bonds. The van der Waals surface area contributed by atoms with E-state index in [4.69, 9.17) is 14.2 Å². The van der Waals surface area contributed by atoms with Crippen LogP contribution in [-0.2, 0) is 27.3 Å². The highest BCUT2D eigenvalue weighted by Gasteiger charge is 2.31. The Morgan fingerprint density at radius 2 is 2.07 bits per heavy atom. The number of anilines is 1. The van der Waals surface area contributed by atoms with Gasteiger partial charge in [-0.2, -0.15) is 0 Å². The third kappa shape index (κ3) is 4.62. The third-order valence-electron chi connectivity index (χ3n) is 4.77. The molecular formula is C21H29NO5. The fourth-order valence-corrected chi connectivity index (χ4v) is 3.29. The van der Waals surface area contributed by atoms with Crippen molar-refractivity contribution in [2.75, 3.05) is 26.1 Å². The molecule has 0 unspecified atom stereocenters. The van der Waals surface area contributed by atoms with Gasteiger partial charge >= 0.3 is 11.9 Å². The van der Waals surface area contributed by atoms with Crippen molar-refractivity contribution in [3.05, 3.63) is 33.9 Å². The maximum atomic E-state index is 12.2. The Bertz CT molecular complexity index is 752. The monoisotopic (exact) mass is 375 g/mol. The molecule has 27 heavy (non-hydrogen) atoms. The van der Waals surface area contributed by atoms with Crippen molar-refractivity contribution in [2.24, 2.45) is 0 Å². The molecule has 0 aromatic heterocycles. The molecule has 1 aromatic carbocycles. The Morgan fingerprint density at radius 3 is 2.70 bits per heavy atom. The summed E-state index contributed by atoms with van der Waals surface area (Å²) in [5, 5.41) is 3.14. The number of hydrogen-bond acceptors (Lipinski definition) is 6. The van der Waals surface area contributed by atoms with E-state index in [-0.39, 0.29) is 18.5 Å². The molecular weight excluding hydrogens is 346 g/mol. The number of fused-ring (bicyclic) bond motifs is 1. The molecule has 0 aliphatic carbocycles. The summed E-state index contributed by atoms with van der Waals surface area (Å²) in [6.45, 7) is 6.66. The number of carbonyl (C=O) groups excluding carboxylic acids is 2.